The first-order chi connectivity index (χ1) is 10.1. The summed E-state index contributed by atoms with van der Waals surface area (Å²) >= 11 is 0. The summed E-state index contributed by atoms with van der Waals surface area (Å²) < 4.78 is 0. The third-order valence-corrected chi connectivity index (χ3v) is 4.47. The summed E-state index contributed by atoms with van der Waals surface area (Å²) in [5.74, 6) is -0.970. The third kappa shape index (κ3) is 4.19. The average Bonchev–Trinajstić information content (AvgIpc) is 3.01. The number of hydrogen-bond donors (Lipinski definition) is 2. The van der Waals surface area contributed by atoms with Crippen LogP contribution in [0, 0.1) is 5.92 Å². The summed E-state index contributed by atoms with van der Waals surface area (Å²) in [6.07, 6.45) is 6.48. The average molecular weight is 296 g/mol. The molecule has 1 aliphatic carbocycles. The summed E-state index contributed by atoms with van der Waals surface area (Å²) in [6, 6.07) is -0.697. The topological polar surface area (TPSA) is 86.7 Å². The fourth-order valence-electron chi connectivity index (χ4n) is 3.26. The Bertz CT molecular complexity index is 404. The van der Waals surface area contributed by atoms with Crippen LogP contribution >= 0.6 is 0 Å². The van der Waals surface area contributed by atoms with E-state index in [-0.39, 0.29) is 24.2 Å². The molecule has 0 aromatic rings. The predicted octanol–water partition coefficient (Wildman–Crippen LogP) is 1.15. The summed E-state index contributed by atoms with van der Waals surface area (Å²) in [7, 11) is 0. The molecule has 1 aliphatic heterocycles. The number of nitrogens with zero attached hydrogens (tertiary/aromatic N) is 1. The van der Waals surface area contributed by atoms with Crippen molar-refractivity contribution in [3.05, 3.63) is 0 Å². The molecule has 1 saturated heterocycles. The molecule has 0 aromatic heterocycles. The predicted molar refractivity (Wildman–Crippen MR) is 76.6 cm³/mol. The minimum Gasteiger partial charge on any atom is -0.480 e. The van der Waals surface area contributed by atoms with Gasteiger partial charge in [0.2, 0.25) is 11.8 Å². The highest BCUT2D eigenvalue weighted by Crippen LogP contribution is 2.24. The van der Waals surface area contributed by atoms with Gasteiger partial charge in [-0.05, 0) is 32.1 Å². The SMILES string of the molecule is O=C(NCCC(=O)N1CCCCC1C(=O)O)C1CCCC1. The van der Waals surface area contributed by atoms with Crippen LogP contribution in [0.1, 0.15) is 51.4 Å². The van der Waals surface area contributed by atoms with Crippen molar-refractivity contribution >= 4 is 17.8 Å². The van der Waals surface area contributed by atoms with E-state index in [9.17, 15) is 14.4 Å². The highest BCUT2D eigenvalue weighted by Gasteiger charge is 2.31. The van der Waals surface area contributed by atoms with Crippen LogP contribution in [0.4, 0.5) is 0 Å². The van der Waals surface area contributed by atoms with Crippen molar-refractivity contribution in [3.8, 4) is 0 Å². The van der Waals surface area contributed by atoms with Crippen molar-refractivity contribution in [2.75, 3.05) is 13.1 Å². The monoisotopic (exact) mass is 296 g/mol. The van der Waals surface area contributed by atoms with Gasteiger partial charge in [-0.3, -0.25) is 9.59 Å². The fraction of sp³-hybridized carbons (Fsp3) is 0.800. The Morgan fingerprint density at radius 3 is 2.38 bits per heavy atom. The first-order valence-electron chi connectivity index (χ1n) is 7.89. The molecule has 0 radical (unpaired) electrons. The Morgan fingerprint density at radius 2 is 1.71 bits per heavy atom. The maximum atomic E-state index is 12.1. The van der Waals surface area contributed by atoms with Crippen LogP contribution in [0.5, 0.6) is 0 Å². The minimum absolute atomic E-state index is 0.0359. The largest absolute Gasteiger partial charge is 0.480 e. The zero-order chi connectivity index (χ0) is 15.2. The molecule has 6 nitrogen and oxygen atoms in total. The van der Waals surface area contributed by atoms with Gasteiger partial charge in [-0.1, -0.05) is 12.8 Å². The third-order valence-electron chi connectivity index (χ3n) is 4.47. The zero-order valence-electron chi connectivity index (χ0n) is 12.3. The van der Waals surface area contributed by atoms with Crippen molar-refractivity contribution in [2.24, 2.45) is 5.92 Å². The summed E-state index contributed by atoms with van der Waals surface area (Å²) in [5.41, 5.74) is 0. The van der Waals surface area contributed by atoms with Crippen LogP contribution in [0.2, 0.25) is 0 Å². The first kappa shape index (κ1) is 15.8. The number of aliphatic carboxylic acids is 1. The fourth-order valence-corrected chi connectivity index (χ4v) is 3.26. The van der Waals surface area contributed by atoms with Crippen molar-refractivity contribution in [2.45, 2.75) is 57.4 Å². The molecule has 1 unspecified atom stereocenters. The Balaban J connectivity index is 1.75. The molecule has 118 valence electrons. The number of likely N-dealkylation sites (tertiary alicyclic amines) is 1. The number of nitrogens with one attached hydrogen (secondary N) is 1. The van der Waals surface area contributed by atoms with Crippen LogP contribution in [0.15, 0.2) is 0 Å². The molecule has 6 heteroatoms. The smallest absolute Gasteiger partial charge is 0.326 e. The molecule has 1 heterocycles. The van der Waals surface area contributed by atoms with E-state index < -0.39 is 12.0 Å². The van der Waals surface area contributed by atoms with Crippen molar-refractivity contribution in [1.29, 1.82) is 0 Å². The van der Waals surface area contributed by atoms with Crippen LogP contribution in [-0.4, -0.2) is 46.9 Å². The highest BCUT2D eigenvalue weighted by atomic mass is 16.4. The summed E-state index contributed by atoms with van der Waals surface area (Å²) in [6.45, 7) is 0.809. The van der Waals surface area contributed by atoms with Gasteiger partial charge in [0.25, 0.3) is 0 Å². The van der Waals surface area contributed by atoms with Crippen LogP contribution in [0.25, 0.3) is 0 Å². The van der Waals surface area contributed by atoms with Crippen LogP contribution in [0.3, 0.4) is 0 Å². The number of piperidine rings is 1. The molecule has 2 N–H and O–H groups in total. The lowest BCUT2D eigenvalue weighted by Crippen LogP contribution is -2.48. The van der Waals surface area contributed by atoms with Gasteiger partial charge in [-0.15, -0.1) is 0 Å². The lowest BCUT2D eigenvalue weighted by atomic mass is 10.0. The lowest BCUT2D eigenvalue weighted by Gasteiger charge is -2.33. The molecule has 1 saturated carbocycles. The van der Waals surface area contributed by atoms with Gasteiger partial charge >= 0.3 is 5.97 Å². The molecule has 2 amide bonds. The van der Waals surface area contributed by atoms with Gasteiger partial charge < -0.3 is 15.3 Å². The molecule has 0 spiro atoms. The molecule has 0 bridgehead atoms. The number of hydrogen-bond acceptors (Lipinski definition) is 3. The second-order valence-electron chi connectivity index (χ2n) is 5.96. The normalized spacial score (nSPS) is 23.0. The summed E-state index contributed by atoms with van der Waals surface area (Å²) in [5, 5.41) is 12.0. The van der Waals surface area contributed by atoms with Crippen LogP contribution < -0.4 is 5.32 Å². The van der Waals surface area contributed by atoms with Crippen molar-refractivity contribution in [3.63, 3.8) is 0 Å². The van der Waals surface area contributed by atoms with E-state index in [0.717, 1.165) is 38.5 Å². The molecule has 1 atom stereocenters. The van der Waals surface area contributed by atoms with E-state index in [2.05, 4.69) is 5.32 Å². The number of carboxylic acid groups (broad SMARTS) is 1. The second-order valence-corrected chi connectivity index (χ2v) is 5.96. The molecule has 0 aromatic carbocycles. The number of carbonyl (C=O) groups excluding carboxylic acids is 2. The van der Waals surface area contributed by atoms with E-state index in [4.69, 9.17) is 5.11 Å². The molecule has 2 aliphatic rings. The molecule has 2 rings (SSSR count). The molecular formula is C15H24N2O4. The highest BCUT2D eigenvalue weighted by molar-refractivity contribution is 5.84. The lowest BCUT2D eigenvalue weighted by molar-refractivity contribution is -0.152. The van der Waals surface area contributed by atoms with Crippen molar-refractivity contribution in [1.82, 2.24) is 10.2 Å². The van der Waals surface area contributed by atoms with Gasteiger partial charge in [-0.2, -0.15) is 0 Å². The molecule has 21 heavy (non-hydrogen) atoms. The van der Waals surface area contributed by atoms with Crippen LogP contribution in [-0.2, 0) is 14.4 Å². The first-order valence-corrected chi connectivity index (χ1v) is 7.89. The molecular weight excluding hydrogens is 272 g/mol. The van der Waals surface area contributed by atoms with Gasteiger partial charge in [-0.25, -0.2) is 4.79 Å². The van der Waals surface area contributed by atoms with E-state index in [1.807, 2.05) is 0 Å². The number of carbonyl (C=O) groups is 3. The van der Waals surface area contributed by atoms with E-state index >= 15 is 0 Å². The number of amides is 2. The maximum absolute atomic E-state index is 12.1. The van der Waals surface area contributed by atoms with E-state index in [1.54, 1.807) is 0 Å². The second kappa shape index (κ2) is 7.43. The van der Waals surface area contributed by atoms with Gasteiger partial charge in [0, 0.05) is 25.4 Å². The van der Waals surface area contributed by atoms with E-state index in [0.29, 0.717) is 19.5 Å². The van der Waals surface area contributed by atoms with E-state index in [1.165, 1.54) is 4.90 Å². The van der Waals surface area contributed by atoms with Gasteiger partial charge in [0.1, 0.15) is 6.04 Å². The Morgan fingerprint density at radius 1 is 1.05 bits per heavy atom. The molecule has 2 fully saturated rings. The standard InChI is InChI=1S/C15H24N2O4/c18-13(17-10-4-3-7-12(17)15(20)21)8-9-16-14(19)11-5-1-2-6-11/h11-12H,1-10H2,(H,16,19)(H,20,21). The van der Waals surface area contributed by atoms with Gasteiger partial charge in [0.15, 0.2) is 0 Å². The van der Waals surface area contributed by atoms with Gasteiger partial charge in [0.05, 0.1) is 0 Å². The number of carboxylic acids is 1. The minimum atomic E-state index is -0.932. The number of rotatable bonds is 5. The zero-order valence-corrected chi connectivity index (χ0v) is 12.3. The Hall–Kier alpha value is -1.59. The Kier molecular flexibility index (Phi) is 5.59. The summed E-state index contributed by atoms with van der Waals surface area (Å²) in [4.78, 5) is 36.6. The van der Waals surface area contributed by atoms with Crippen molar-refractivity contribution < 1.29 is 19.5 Å². The quantitative estimate of drug-likeness (QED) is 0.796. The maximum Gasteiger partial charge on any atom is 0.326 e. The Labute approximate surface area is 124 Å².